The standard InChI is InChI=1S/C14H10F3N5OS/c1-8-20-21-13(24-8)19-12(23)10-7-18-22(11(10)14(15,16)17)9-5-3-2-4-6-9/h2-7H,1H3,(H,19,21,23). The smallest absolute Gasteiger partial charge is 0.296 e. The van der Waals surface area contributed by atoms with Crippen LogP contribution in [-0.2, 0) is 6.18 Å². The van der Waals surface area contributed by atoms with Crippen molar-refractivity contribution in [3.63, 3.8) is 0 Å². The van der Waals surface area contributed by atoms with E-state index in [2.05, 4.69) is 20.6 Å². The van der Waals surface area contributed by atoms with Gasteiger partial charge in [0, 0.05) is 0 Å². The molecule has 3 aromatic rings. The van der Waals surface area contributed by atoms with Gasteiger partial charge in [0.15, 0.2) is 5.69 Å². The normalized spacial score (nSPS) is 11.5. The van der Waals surface area contributed by atoms with Crippen LogP contribution >= 0.6 is 11.3 Å². The second kappa shape index (κ2) is 6.04. The second-order valence-corrected chi connectivity index (χ2v) is 5.91. The van der Waals surface area contributed by atoms with E-state index in [0.717, 1.165) is 17.5 Å². The van der Waals surface area contributed by atoms with Crippen molar-refractivity contribution >= 4 is 22.4 Å². The molecule has 0 fully saturated rings. The van der Waals surface area contributed by atoms with Crippen LogP contribution in [0.2, 0.25) is 0 Å². The molecule has 2 aromatic heterocycles. The van der Waals surface area contributed by atoms with Gasteiger partial charge in [-0.2, -0.15) is 18.3 Å². The van der Waals surface area contributed by atoms with E-state index in [1.165, 1.54) is 12.1 Å². The molecule has 0 unspecified atom stereocenters. The van der Waals surface area contributed by atoms with Gasteiger partial charge in [0.1, 0.15) is 5.01 Å². The van der Waals surface area contributed by atoms with Crippen molar-refractivity contribution in [1.29, 1.82) is 0 Å². The predicted octanol–water partition coefficient (Wildman–Crippen LogP) is 3.30. The number of hydrogen-bond acceptors (Lipinski definition) is 5. The Bertz CT molecular complexity index is 872. The molecule has 1 aromatic carbocycles. The first-order valence-electron chi connectivity index (χ1n) is 6.68. The van der Waals surface area contributed by atoms with E-state index in [4.69, 9.17) is 0 Å². The maximum atomic E-state index is 13.5. The zero-order valence-electron chi connectivity index (χ0n) is 12.2. The van der Waals surface area contributed by atoms with Crippen molar-refractivity contribution in [3.8, 4) is 5.69 Å². The molecule has 0 aliphatic heterocycles. The number of carbonyl (C=O) groups is 1. The highest BCUT2D eigenvalue weighted by atomic mass is 32.1. The van der Waals surface area contributed by atoms with Gasteiger partial charge in [0.05, 0.1) is 17.4 Å². The summed E-state index contributed by atoms with van der Waals surface area (Å²) in [6, 6.07) is 7.78. The molecule has 0 radical (unpaired) electrons. The largest absolute Gasteiger partial charge is 0.434 e. The van der Waals surface area contributed by atoms with Gasteiger partial charge in [-0.15, -0.1) is 10.2 Å². The summed E-state index contributed by atoms with van der Waals surface area (Å²) in [4.78, 5) is 12.2. The fourth-order valence-electron chi connectivity index (χ4n) is 2.06. The van der Waals surface area contributed by atoms with Crippen molar-refractivity contribution in [2.24, 2.45) is 0 Å². The van der Waals surface area contributed by atoms with Crippen molar-refractivity contribution in [3.05, 3.63) is 52.8 Å². The molecule has 2 heterocycles. The molecule has 0 saturated heterocycles. The molecule has 0 spiro atoms. The Morgan fingerprint density at radius 2 is 1.92 bits per heavy atom. The zero-order chi connectivity index (χ0) is 17.3. The van der Waals surface area contributed by atoms with Crippen LogP contribution < -0.4 is 5.32 Å². The predicted molar refractivity (Wildman–Crippen MR) is 81.2 cm³/mol. The number of hydrogen-bond donors (Lipinski definition) is 1. The lowest BCUT2D eigenvalue weighted by molar-refractivity contribution is -0.143. The molecule has 0 aliphatic carbocycles. The average molecular weight is 353 g/mol. The highest BCUT2D eigenvalue weighted by molar-refractivity contribution is 7.15. The molecule has 1 amide bonds. The van der Waals surface area contributed by atoms with E-state index >= 15 is 0 Å². The Hall–Kier alpha value is -2.75. The lowest BCUT2D eigenvalue weighted by Gasteiger charge is -2.12. The van der Waals surface area contributed by atoms with Crippen LogP contribution in [-0.4, -0.2) is 25.9 Å². The second-order valence-electron chi connectivity index (χ2n) is 4.73. The first-order chi connectivity index (χ1) is 11.4. The van der Waals surface area contributed by atoms with Gasteiger partial charge in [-0.1, -0.05) is 29.5 Å². The van der Waals surface area contributed by atoms with Crippen LogP contribution in [0, 0.1) is 6.92 Å². The summed E-state index contributed by atoms with van der Waals surface area (Å²) in [6.07, 6.45) is -3.87. The Labute approximate surface area is 138 Å². The minimum atomic E-state index is -4.75. The molecule has 0 aliphatic rings. The summed E-state index contributed by atoms with van der Waals surface area (Å²) in [7, 11) is 0. The highest BCUT2D eigenvalue weighted by Gasteiger charge is 2.40. The third-order valence-electron chi connectivity index (χ3n) is 3.03. The van der Waals surface area contributed by atoms with Crippen LogP contribution in [0.5, 0.6) is 0 Å². The SMILES string of the molecule is Cc1nnc(NC(=O)c2cnn(-c3ccccc3)c2C(F)(F)F)s1. The lowest BCUT2D eigenvalue weighted by atomic mass is 10.2. The quantitative estimate of drug-likeness (QED) is 0.784. The molecule has 124 valence electrons. The molecule has 6 nitrogen and oxygen atoms in total. The molecule has 0 bridgehead atoms. The molecular formula is C14H10F3N5OS. The van der Waals surface area contributed by atoms with E-state index in [1.54, 1.807) is 25.1 Å². The van der Waals surface area contributed by atoms with E-state index in [1.807, 2.05) is 0 Å². The summed E-state index contributed by atoms with van der Waals surface area (Å²) in [5.74, 6) is -0.944. The number of carbonyl (C=O) groups excluding carboxylic acids is 1. The van der Waals surface area contributed by atoms with Gasteiger partial charge >= 0.3 is 6.18 Å². The molecule has 24 heavy (non-hydrogen) atoms. The van der Waals surface area contributed by atoms with Crippen LogP contribution in [0.1, 0.15) is 21.1 Å². The number of amides is 1. The topological polar surface area (TPSA) is 72.7 Å². The number of aromatic nitrogens is 4. The maximum absolute atomic E-state index is 13.5. The number of nitrogens with one attached hydrogen (secondary N) is 1. The van der Waals surface area contributed by atoms with E-state index in [0.29, 0.717) is 9.69 Å². The minimum Gasteiger partial charge on any atom is -0.296 e. The zero-order valence-corrected chi connectivity index (χ0v) is 13.0. The van der Waals surface area contributed by atoms with Gasteiger partial charge in [-0.05, 0) is 19.1 Å². The monoisotopic (exact) mass is 353 g/mol. The Morgan fingerprint density at radius 3 is 2.50 bits per heavy atom. The lowest BCUT2D eigenvalue weighted by Crippen LogP contribution is -2.20. The highest BCUT2D eigenvalue weighted by Crippen LogP contribution is 2.34. The van der Waals surface area contributed by atoms with Gasteiger partial charge in [0.25, 0.3) is 5.91 Å². The van der Waals surface area contributed by atoms with Gasteiger partial charge in [0.2, 0.25) is 5.13 Å². The fraction of sp³-hybridized carbons (Fsp3) is 0.143. The number of halogens is 3. The van der Waals surface area contributed by atoms with Gasteiger partial charge < -0.3 is 0 Å². The van der Waals surface area contributed by atoms with E-state index in [9.17, 15) is 18.0 Å². The number of rotatable bonds is 3. The molecular weight excluding hydrogens is 343 g/mol. The Balaban J connectivity index is 2.02. The van der Waals surface area contributed by atoms with Gasteiger partial charge in [-0.25, -0.2) is 4.68 Å². The molecule has 1 N–H and O–H groups in total. The summed E-state index contributed by atoms with van der Waals surface area (Å²) in [5.41, 5.74) is -1.53. The van der Waals surface area contributed by atoms with Crippen molar-refractivity contribution < 1.29 is 18.0 Å². The number of nitrogens with zero attached hydrogens (tertiary/aromatic N) is 4. The Morgan fingerprint density at radius 1 is 1.21 bits per heavy atom. The number of alkyl halides is 3. The minimum absolute atomic E-state index is 0.123. The fourth-order valence-corrected chi connectivity index (χ4v) is 2.65. The van der Waals surface area contributed by atoms with Crippen LogP contribution in [0.25, 0.3) is 5.69 Å². The van der Waals surface area contributed by atoms with Crippen molar-refractivity contribution in [1.82, 2.24) is 20.0 Å². The number of anilines is 1. The first kappa shape index (κ1) is 16.1. The third kappa shape index (κ3) is 3.13. The summed E-state index contributed by atoms with van der Waals surface area (Å²) in [5, 5.41) is 14.1. The summed E-state index contributed by atoms with van der Waals surface area (Å²) >= 11 is 1.06. The van der Waals surface area contributed by atoms with Crippen LogP contribution in [0.3, 0.4) is 0 Å². The van der Waals surface area contributed by atoms with E-state index < -0.39 is 23.3 Å². The third-order valence-corrected chi connectivity index (χ3v) is 3.78. The maximum Gasteiger partial charge on any atom is 0.434 e. The number of para-hydroxylation sites is 1. The molecule has 3 rings (SSSR count). The van der Waals surface area contributed by atoms with Crippen LogP contribution in [0.15, 0.2) is 36.5 Å². The number of aryl methyl sites for hydroxylation is 1. The molecule has 0 atom stereocenters. The van der Waals surface area contributed by atoms with Crippen molar-refractivity contribution in [2.75, 3.05) is 5.32 Å². The molecule has 10 heteroatoms. The van der Waals surface area contributed by atoms with Crippen molar-refractivity contribution in [2.45, 2.75) is 13.1 Å². The van der Waals surface area contributed by atoms with E-state index in [-0.39, 0.29) is 10.8 Å². The summed E-state index contributed by atoms with van der Waals surface area (Å²) in [6.45, 7) is 1.67. The average Bonchev–Trinajstić information content (AvgIpc) is 3.14. The Kier molecular flexibility index (Phi) is 4.06. The van der Waals surface area contributed by atoms with Crippen LogP contribution in [0.4, 0.5) is 18.3 Å². The van der Waals surface area contributed by atoms with Gasteiger partial charge in [-0.3, -0.25) is 10.1 Å². The first-order valence-corrected chi connectivity index (χ1v) is 7.50. The molecule has 0 saturated carbocycles. The summed E-state index contributed by atoms with van der Waals surface area (Å²) < 4.78 is 41.1. The number of benzene rings is 1.